The summed E-state index contributed by atoms with van der Waals surface area (Å²) < 4.78 is 1.82. The summed E-state index contributed by atoms with van der Waals surface area (Å²) in [6.45, 7) is 2.36. The van der Waals surface area contributed by atoms with Gasteiger partial charge in [-0.05, 0) is 18.6 Å². The molecule has 0 amide bonds. The van der Waals surface area contributed by atoms with E-state index in [0.717, 1.165) is 5.56 Å². The van der Waals surface area contributed by atoms with Gasteiger partial charge in [-0.15, -0.1) is 0 Å². The van der Waals surface area contributed by atoms with Gasteiger partial charge in [0, 0.05) is 17.8 Å². The van der Waals surface area contributed by atoms with Crippen LogP contribution in [0.4, 0.5) is 17.3 Å². The molecule has 0 aliphatic heterocycles. The van der Waals surface area contributed by atoms with Crippen LogP contribution in [0.5, 0.6) is 0 Å². The second-order valence-corrected chi connectivity index (χ2v) is 5.12. The number of pyridine rings is 1. The van der Waals surface area contributed by atoms with E-state index in [1.54, 1.807) is 13.0 Å². The van der Waals surface area contributed by atoms with E-state index in [2.05, 4.69) is 15.4 Å². The van der Waals surface area contributed by atoms with Crippen molar-refractivity contribution in [2.75, 3.05) is 5.32 Å². The van der Waals surface area contributed by atoms with Gasteiger partial charge >= 0.3 is 0 Å². The van der Waals surface area contributed by atoms with E-state index in [0.29, 0.717) is 23.7 Å². The van der Waals surface area contributed by atoms with Gasteiger partial charge in [-0.2, -0.15) is 5.10 Å². The molecule has 7 heteroatoms. The lowest BCUT2D eigenvalue weighted by Gasteiger charge is -2.04. The number of nitrogens with one attached hydrogen (secondary N) is 1. The van der Waals surface area contributed by atoms with Crippen molar-refractivity contribution < 1.29 is 4.92 Å². The molecule has 0 unspecified atom stereocenters. The fraction of sp³-hybridized carbons (Fsp3) is 0.125. The lowest BCUT2D eigenvalue weighted by Crippen LogP contribution is -2.02. The zero-order chi connectivity index (χ0) is 16.2. The van der Waals surface area contributed by atoms with Crippen LogP contribution in [-0.4, -0.2) is 19.7 Å². The largest absolute Gasteiger partial charge is 0.323 e. The van der Waals surface area contributed by atoms with Crippen LogP contribution in [0.25, 0.3) is 0 Å². The van der Waals surface area contributed by atoms with Crippen molar-refractivity contribution in [1.29, 1.82) is 0 Å². The standard InChI is InChI=1S/C16H15N5O2/c1-12-9-16(17-10-14(12)21(22)23)18-15-7-8-20(19-15)11-13-5-3-2-4-6-13/h2-10H,11H2,1H3,(H,17,18,19). The van der Waals surface area contributed by atoms with Gasteiger partial charge in [-0.1, -0.05) is 30.3 Å². The molecular formula is C16H15N5O2. The number of nitro groups is 1. The zero-order valence-corrected chi connectivity index (χ0v) is 12.5. The van der Waals surface area contributed by atoms with Crippen molar-refractivity contribution in [2.45, 2.75) is 13.5 Å². The lowest BCUT2D eigenvalue weighted by atomic mass is 10.2. The minimum Gasteiger partial charge on any atom is -0.323 e. The number of benzene rings is 1. The summed E-state index contributed by atoms with van der Waals surface area (Å²) in [7, 11) is 0. The number of rotatable bonds is 5. The SMILES string of the molecule is Cc1cc(Nc2ccn(Cc3ccccc3)n2)ncc1[N+](=O)[O-]. The highest BCUT2D eigenvalue weighted by Crippen LogP contribution is 2.20. The third-order valence-electron chi connectivity index (χ3n) is 3.36. The van der Waals surface area contributed by atoms with Gasteiger partial charge in [0.05, 0.1) is 11.5 Å². The monoisotopic (exact) mass is 309 g/mol. The van der Waals surface area contributed by atoms with Crippen LogP contribution < -0.4 is 5.32 Å². The molecule has 1 aromatic carbocycles. The quantitative estimate of drug-likeness (QED) is 0.577. The highest BCUT2D eigenvalue weighted by atomic mass is 16.6. The highest BCUT2D eigenvalue weighted by molar-refractivity contribution is 5.54. The summed E-state index contributed by atoms with van der Waals surface area (Å²) in [5, 5.41) is 18.3. The van der Waals surface area contributed by atoms with Gasteiger partial charge in [0.1, 0.15) is 12.0 Å². The smallest absolute Gasteiger partial charge is 0.290 e. The molecule has 0 radical (unpaired) electrons. The Morgan fingerprint density at radius 2 is 2.00 bits per heavy atom. The van der Waals surface area contributed by atoms with Gasteiger partial charge in [0.25, 0.3) is 5.69 Å². The van der Waals surface area contributed by atoms with E-state index in [4.69, 9.17) is 0 Å². The summed E-state index contributed by atoms with van der Waals surface area (Å²) in [6.07, 6.45) is 3.12. The molecule has 0 spiro atoms. The maximum absolute atomic E-state index is 10.8. The van der Waals surface area contributed by atoms with E-state index in [1.165, 1.54) is 6.20 Å². The Kier molecular flexibility index (Phi) is 4.01. The molecule has 1 N–H and O–H groups in total. The van der Waals surface area contributed by atoms with E-state index in [9.17, 15) is 10.1 Å². The minimum absolute atomic E-state index is 0.00477. The van der Waals surface area contributed by atoms with E-state index in [-0.39, 0.29) is 5.69 Å². The number of hydrogen-bond donors (Lipinski definition) is 1. The first-order valence-electron chi connectivity index (χ1n) is 7.07. The molecule has 3 aromatic rings. The fourth-order valence-corrected chi connectivity index (χ4v) is 2.23. The van der Waals surface area contributed by atoms with E-state index >= 15 is 0 Å². The second-order valence-electron chi connectivity index (χ2n) is 5.12. The molecule has 7 nitrogen and oxygen atoms in total. The maximum Gasteiger partial charge on any atom is 0.290 e. The van der Waals surface area contributed by atoms with Crippen molar-refractivity contribution in [3.8, 4) is 0 Å². The van der Waals surface area contributed by atoms with Crippen LogP contribution in [0, 0.1) is 17.0 Å². The summed E-state index contributed by atoms with van der Waals surface area (Å²) in [4.78, 5) is 14.4. The average Bonchev–Trinajstić information content (AvgIpc) is 2.95. The molecule has 0 aliphatic carbocycles. The van der Waals surface area contributed by atoms with Crippen molar-refractivity contribution in [3.63, 3.8) is 0 Å². The predicted molar refractivity (Wildman–Crippen MR) is 86.7 cm³/mol. The molecular weight excluding hydrogens is 294 g/mol. The Morgan fingerprint density at radius 1 is 1.22 bits per heavy atom. The summed E-state index contributed by atoms with van der Waals surface area (Å²) in [5.41, 5.74) is 1.72. The van der Waals surface area contributed by atoms with Crippen LogP contribution in [-0.2, 0) is 6.54 Å². The van der Waals surface area contributed by atoms with Crippen molar-refractivity contribution in [3.05, 3.63) is 76.1 Å². The Balaban J connectivity index is 1.72. The molecule has 0 fully saturated rings. The molecule has 2 aromatic heterocycles. The molecule has 23 heavy (non-hydrogen) atoms. The second kappa shape index (κ2) is 6.27. The third kappa shape index (κ3) is 3.52. The van der Waals surface area contributed by atoms with Gasteiger partial charge in [-0.3, -0.25) is 14.8 Å². The van der Waals surface area contributed by atoms with Gasteiger partial charge < -0.3 is 5.32 Å². The predicted octanol–water partition coefficient (Wildman–Crippen LogP) is 3.29. The van der Waals surface area contributed by atoms with E-state index in [1.807, 2.05) is 47.3 Å². The van der Waals surface area contributed by atoms with Crippen molar-refractivity contribution in [1.82, 2.24) is 14.8 Å². The molecule has 0 atom stereocenters. The third-order valence-corrected chi connectivity index (χ3v) is 3.36. The van der Waals surface area contributed by atoms with Crippen LogP contribution in [0.3, 0.4) is 0 Å². The fourth-order valence-electron chi connectivity index (χ4n) is 2.23. The molecule has 0 saturated carbocycles. The highest BCUT2D eigenvalue weighted by Gasteiger charge is 2.11. The molecule has 0 bridgehead atoms. The zero-order valence-electron chi connectivity index (χ0n) is 12.5. The molecule has 116 valence electrons. The van der Waals surface area contributed by atoms with Crippen LogP contribution >= 0.6 is 0 Å². The number of aryl methyl sites for hydroxylation is 1. The van der Waals surface area contributed by atoms with Crippen molar-refractivity contribution >= 4 is 17.3 Å². The Hall–Kier alpha value is -3.22. The summed E-state index contributed by atoms with van der Waals surface area (Å²) in [5.74, 6) is 1.17. The number of anilines is 2. The van der Waals surface area contributed by atoms with Gasteiger partial charge in [-0.25, -0.2) is 4.98 Å². The van der Waals surface area contributed by atoms with E-state index < -0.39 is 4.92 Å². The molecule has 2 heterocycles. The molecule has 0 saturated heterocycles. The topological polar surface area (TPSA) is 85.9 Å². The van der Waals surface area contributed by atoms with Gasteiger partial charge in [0.2, 0.25) is 0 Å². The Morgan fingerprint density at radius 3 is 2.70 bits per heavy atom. The summed E-state index contributed by atoms with van der Waals surface area (Å²) >= 11 is 0. The van der Waals surface area contributed by atoms with Crippen LogP contribution in [0.2, 0.25) is 0 Å². The van der Waals surface area contributed by atoms with Crippen LogP contribution in [0.15, 0.2) is 54.9 Å². The number of nitrogens with zero attached hydrogens (tertiary/aromatic N) is 4. The molecule has 3 rings (SSSR count). The molecule has 0 aliphatic rings. The van der Waals surface area contributed by atoms with Gasteiger partial charge in [0.15, 0.2) is 5.82 Å². The van der Waals surface area contributed by atoms with Crippen molar-refractivity contribution in [2.24, 2.45) is 0 Å². The summed E-state index contributed by atoms with van der Waals surface area (Å²) in [6, 6.07) is 13.5. The number of hydrogen-bond acceptors (Lipinski definition) is 5. The maximum atomic E-state index is 10.8. The Labute approximate surface area is 132 Å². The lowest BCUT2D eigenvalue weighted by molar-refractivity contribution is -0.385. The average molecular weight is 309 g/mol. The number of aromatic nitrogens is 3. The first-order chi connectivity index (χ1) is 11.1. The minimum atomic E-state index is -0.444. The van der Waals surface area contributed by atoms with Crippen LogP contribution in [0.1, 0.15) is 11.1 Å². The normalized spacial score (nSPS) is 10.5. The Bertz CT molecular complexity index is 829. The first kappa shape index (κ1) is 14.7. The first-order valence-corrected chi connectivity index (χ1v) is 7.07.